The number of urea groups is 1. The minimum Gasteiger partial charge on any atom is -0.313 e. The van der Waals surface area contributed by atoms with E-state index in [4.69, 9.17) is 0 Å². The van der Waals surface area contributed by atoms with Gasteiger partial charge in [-0.1, -0.05) is 25.3 Å². The maximum absolute atomic E-state index is 14.0. The molecule has 130 valence electrons. The molecule has 25 heavy (non-hydrogen) atoms. The van der Waals surface area contributed by atoms with Gasteiger partial charge < -0.3 is 4.90 Å². The van der Waals surface area contributed by atoms with Gasteiger partial charge >= 0.3 is 6.03 Å². The maximum atomic E-state index is 14.0. The van der Waals surface area contributed by atoms with Crippen molar-refractivity contribution in [1.29, 1.82) is 0 Å². The Kier molecular flexibility index (Phi) is 3.71. The summed E-state index contributed by atoms with van der Waals surface area (Å²) in [6, 6.07) is 5.98. The van der Waals surface area contributed by atoms with Gasteiger partial charge in [0.15, 0.2) is 0 Å². The van der Waals surface area contributed by atoms with Crippen molar-refractivity contribution < 1.29 is 14.0 Å². The Morgan fingerprint density at radius 1 is 1.20 bits per heavy atom. The molecule has 2 aromatic rings. The van der Waals surface area contributed by atoms with E-state index < -0.39 is 11.4 Å². The third kappa shape index (κ3) is 2.39. The molecule has 6 heteroatoms. The molecule has 2 fully saturated rings. The van der Waals surface area contributed by atoms with E-state index in [2.05, 4.69) is 4.98 Å². The van der Waals surface area contributed by atoms with Crippen molar-refractivity contribution in [2.75, 3.05) is 7.05 Å². The van der Waals surface area contributed by atoms with Crippen LogP contribution in [-0.2, 0) is 11.3 Å². The standard InChI is InChI=1S/C19H20FN3O2/c1-22-18(25)23(17(24)19(22)7-3-2-4-8-19)12-14-11-15(20)10-13-6-5-9-21-16(13)14/h5-6,9-11H,2-4,7-8,12H2,1H3. The van der Waals surface area contributed by atoms with Crippen LogP contribution >= 0.6 is 0 Å². The molecule has 1 saturated heterocycles. The number of hydrogen-bond donors (Lipinski definition) is 0. The summed E-state index contributed by atoms with van der Waals surface area (Å²) >= 11 is 0. The summed E-state index contributed by atoms with van der Waals surface area (Å²) < 4.78 is 14.0. The van der Waals surface area contributed by atoms with Crippen molar-refractivity contribution >= 4 is 22.8 Å². The van der Waals surface area contributed by atoms with Crippen LogP contribution in [0.3, 0.4) is 0 Å². The van der Waals surface area contributed by atoms with Crippen molar-refractivity contribution in [2.24, 2.45) is 0 Å². The Balaban J connectivity index is 1.72. The molecule has 0 unspecified atom stereocenters. The maximum Gasteiger partial charge on any atom is 0.327 e. The number of imide groups is 1. The van der Waals surface area contributed by atoms with Gasteiger partial charge in [-0.05, 0) is 31.0 Å². The van der Waals surface area contributed by atoms with E-state index in [1.807, 2.05) is 0 Å². The number of carbonyl (C=O) groups is 2. The second kappa shape index (κ2) is 5.79. The highest BCUT2D eigenvalue weighted by molar-refractivity contribution is 6.07. The summed E-state index contributed by atoms with van der Waals surface area (Å²) in [4.78, 5) is 33.0. The van der Waals surface area contributed by atoms with Crippen LogP contribution in [-0.4, -0.2) is 39.3 Å². The van der Waals surface area contributed by atoms with Gasteiger partial charge in [-0.2, -0.15) is 0 Å². The van der Waals surface area contributed by atoms with E-state index >= 15 is 0 Å². The van der Waals surface area contributed by atoms with E-state index in [0.29, 0.717) is 29.3 Å². The summed E-state index contributed by atoms with van der Waals surface area (Å²) in [6.45, 7) is 0.0506. The highest BCUT2D eigenvalue weighted by Crippen LogP contribution is 2.40. The molecule has 1 aliphatic heterocycles. The summed E-state index contributed by atoms with van der Waals surface area (Å²) in [5.41, 5.74) is 0.460. The SMILES string of the molecule is CN1C(=O)N(Cc2cc(F)cc3cccnc23)C(=O)C12CCCCC2. The number of halogens is 1. The fraction of sp³-hybridized carbons (Fsp3) is 0.421. The first-order valence-corrected chi connectivity index (χ1v) is 8.66. The molecular weight excluding hydrogens is 321 g/mol. The predicted octanol–water partition coefficient (Wildman–Crippen LogP) is 3.47. The average Bonchev–Trinajstić information content (AvgIpc) is 2.79. The molecule has 0 bridgehead atoms. The Morgan fingerprint density at radius 2 is 1.96 bits per heavy atom. The van der Waals surface area contributed by atoms with E-state index in [0.717, 1.165) is 19.3 Å². The molecule has 1 spiro atoms. The molecule has 2 aliphatic rings. The van der Waals surface area contributed by atoms with Crippen LogP contribution in [0.5, 0.6) is 0 Å². The molecule has 0 atom stereocenters. The highest BCUT2D eigenvalue weighted by Gasteiger charge is 2.55. The molecule has 5 nitrogen and oxygen atoms in total. The number of fused-ring (bicyclic) bond motifs is 1. The molecule has 1 aromatic carbocycles. The molecule has 0 radical (unpaired) electrons. The van der Waals surface area contributed by atoms with E-state index in [1.54, 1.807) is 30.3 Å². The van der Waals surface area contributed by atoms with Crippen molar-refractivity contribution in [2.45, 2.75) is 44.2 Å². The van der Waals surface area contributed by atoms with Crippen LogP contribution < -0.4 is 0 Å². The summed E-state index contributed by atoms with van der Waals surface area (Å²) in [6.07, 6.45) is 6.02. The number of aromatic nitrogens is 1. The van der Waals surface area contributed by atoms with Crippen LogP contribution in [0.2, 0.25) is 0 Å². The van der Waals surface area contributed by atoms with Gasteiger partial charge in [0.2, 0.25) is 0 Å². The molecule has 1 aliphatic carbocycles. The Morgan fingerprint density at radius 3 is 2.72 bits per heavy atom. The lowest BCUT2D eigenvalue weighted by molar-refractivity contribution is -0.134. The van der Waals surface area contributed by atoms with Gasteiger partial charge in [-0.3, -0.25) is 14.7 Å². The Hall–Kier alpha value is -2.50. The summed E-state index contributed by atoms with van der Waals surface area (Å²) in [5, 5.41) is 0.664. The fourth-order valence-corrected chi connectivity index (χ4v) is 4.19. The lowest BCUT2D eigenvalue weighted by Gasteiger charge is -2.35. The molecule has 1 saturated carbocycles. The molecular formula is C19H20FN3O2. The lowest BCUT2D eigenvalue weighted by atomic mass is 9.80. The van der Waals surface area contributed by atoms with E-state index in [1.165, 1.54) is 17.0 Å². The number of likely N-dealkylation sites (N-methyl/N-ethyl adjacent to an activating group) is 1. The first kappa shape index (κ1) is 16.0. The van der Waals surface area contributed by atoms with Gasteiger partial charge in [0.1, 0.15) is 11.4 Å². The molecule has 2 heterocycles. The number of hydrogen-bond acceptors (Lipinski definition) is 3. The van der Waals surface area contributed by atoms with Crippen molar-refractivity contribution in [3.63, 3.8) is 0 Å². The quantitative estimate of drug-likeness (QED) is 0.786. The zero-order valence-corrected chi connectivity index (χ0v) is 14.2. The number of amides is 3. The number of nitrogens with zero attached hydrogens (tertiary/aromatic N) is 3. The normalized spacial score (nSPS) is 20.1. The summed E-state index contributed by atoms with van der Waals surface area (Å²) in [7, 11) is 1.70. The topological polar surface area (TPSA) is 53.5 Å². The minimum atomic E-state index is -0.716. The third-order valence-electron chi connectivity index (χ3n) is 5.56. The van der Waals surface area contributed by atoms with Crippen LogP contribution in [0.25, 0.3) is 10.9 Å². The fourth-order valence-electron chi connectivity index (χ4n) is 4.19. The minimum absolute atomic E-state index is 0.0506. The molecule has 4 rings (SSSR count). The Labute approximate surface area is 145 Å². The highest BCUT2D eigenvalue weighted by atomic mass is 19.1. The average molecular weight is 341 g/mol. The van der Waals surface area contributed by atoms with Gasteiger partial charge in [0.05, 0.1) is 12.1 Å². The van der Waals surface area contributed by atoms with Crippen molar-refractivity contribution in [3.8, 4) is 0 Å². The van der Waals surface area contributed by atoms with Crippen LogP contribution in [0.15, 0.2) is 30.5 Å². The van der Waals surface area contributed by atoms with Crippen LogP contribution in [0.1, 0.15) is 37.7 Å². The number of rotatable bonds is 2. The second-order valence-corrected chi connectivity index (χ2v) is 6.97. The van der Waals surface area contributed by atoms with Gasteiger partial charge in [-0.15, -0.1) is 0 Å². The number of benzene rings is 1. The molecule has 1 aromatic heterocycles. The van der Waals surface area contributed by atoms with Crippen LogP contribution in [0.4, 0.5) is 9.18 Å². The summed E-state index contributed by atoms with van der Waals surface area (Å²) in [5.74, 6) is -0.552. The predicted molar refractivity (Wildman–Crippen MR) is 91.2 cm³/mol. The lowest BCUT2D eigenvalue weighted by Crippen LogP contribution is -2.49. The smallest absolute Gasteiger partial charge is 0.313 e. The molecule has 0 N–H and O–H groups in total. The van der Waals surface area contributed by atoms with E-state index in [9.17, 15) is 14.0 Å². The van der Waals surface area contributed by atoms with Gasteiger partial charge in [0.25, 0.3) is 5.91 Å². The van der Waals surface area contributed by atoms with Crippen LogP contribution in [0, 0.1) is 5.82 Å². The van der Waals surface area contributed by atoms with Gasteiger partial charge in [0, 0.05) is 24.2 Å². The number of pyridine rings is 1. The van der Waals surface area contributed by atoms with Crippen molar-refractivity contribution in [1.82, 2.24) is 14.8 Å². The Bertz CT molecular complexity index is 861. The van der Waals surface area contributed by atoms with Crippen molar-refractivity contribution in [3.05, 3.63) is 41.8 Å². The first-order chi connectivity index (χ1) is 12.0. The second-order valence-electron chi connectivity index (χ2n) is 6.97. The number of carbonyl (C=O) groups excluding carboxylic acids is 2. The van der Waals surface area contributed by atoms with E-state index in [-0.39, 0.29) is 18.5 Å². The first-order valence-electron chi connectivity index (χ1n) is 8.66. The zero-order valence-electron chi connectivity index (χ0n) is 14.2. The zero-order chi connectivity index (χ0) is 17.6. The third-order valence-corrected chi connectivity index (χ3v) is 5.56. The van der Waals surface area contributed by atoms with Gasteiger partial charge in [-0.25, -0.2) is 9.18 Å². The molecule has 3 amide bonds. The largest absolute Gasteiger partial charge is 0.327 e. The monoisotopic (exact) mass is 341 g/mol.